The summed E-state index contributed by atoms with van der Waals surface area (Å²) in [4.78, 5) is 10.1. The fraction of sp³-hybridized carbons (Fsp3) is 0.500. The maximum Gasteiger partial charge on any atom is 0.224 e. The van der Waals surface area contributed by atoms with Crippen molar-refractivity contribution in [1.29, 1.82) is 0 Å². The van der Waals surface area contributed by atoms with Gasteiger partial charge < -0.3 is 10.6 Å². The minimum atomic E-state index is 0.260. The van der Waals surface area contributed by atoms with E-state index in [4.69, 9.17) is 17.3 Å². The van der Waals surface area contributed by atoms with Crippen molar-refractivity contribution in [3.8, 4) is 0 Å². The van der Waals surface area contributed by atoms with Crippen molar-refractivity contribution >= 4 is 23.1 Å². The predicted molar refractivity (Wildman–Crippen MR) is 52.9 cm³/mol. The van der Waals surface area contributed by atoms with Crippen LogP contribution in [0.5, 0.6) is 0 Å². The first-order chi connectivity index (χ1) is 6.27. The topological polar surface area (TPSA) is 55.0 Å². The second-order valence-corrected chi connectivity index (χ2v) is 3.45. The van der Waals surface area contributed by atoms with Crippen LogP contribution in [0.15, 0.2) is 6.20 Å². The number of rotatable bonds is 1. The van der Waals surface area contributed by atoms with E-state index in [0.29, 0.717) is 5.69 Å². The van der Waals surface area contributed by atoms with Crippen molar-refractivity contribution < 1.29 is 0 Å². The maximum atomic E-state index is 5.74. The first-order valence-corrected chi connectivity index (χ1v) is 4.68. The van der Waals surface area contributed by atoms with E-state index in [0.717, 1.165) is 18.9 Å². The largest absolute Gasteiger partial charge is 0.394 e. The number of hydrogen-bond donors (Lipinski definition) is 1. The van der Waals surface area contributed by atoms with Crippen LogP contribution >= 0.6 is 11.6 Å². The molecule has 2 heterocycles. The van der Waals surface area contributed by atoms with Gasteiger partial charge in [0.15, 0.2) is 5.82 Å². The molecule has 0 atom stereocenters. The molecule has 1 aliphatic rings. The predicted octanol–water partition coefficient (Wildman–Crippen LogP) is 1.31. The molecule has 5 heteroatoms. The van der Waals surface area contributed by atoms with Crippen molar-refractivity contribution in [3.05, 3.63) is 11.5 Å². The molecule has 0 amide bonds. The highest BCUT2D eigenvalue weighted by Crippen LogP contribution is 2.24. The Hall–Kier alpha value is -1.03. The van der Waals surface area contributed by atoms with Gasteiger partial charge in [0.2, 0.25) is 5.28 Å². The van der Waals surface area contributed by atoms with Crippen LogP contribution < -0.4 is 10.6 Å². The molecular formula is C8H11ClN4. The summed E-state index contributed by atoms with van der Waals surface area (Å²) in [6.07, 6.45) is 3.95. The number of aromatic nitrogens is 2. The summed E-state index contributed by atoms with van der Waals surface area (Å²) in [7, 11) is 0. The summed E-state index contributed by atoms with van der Waals surface area (Å²) >= 11 is 5.69. The molecule has 13 heavy (non-hydrogen) atoms. The molecule has 0 radical (unpaired) electrons. The standard InChI is InChI=1S/C8H11ClN4/c9-8-11-5-6(10)7(12-8)13-3-1-2-4-13/h5H,1-4,10H2. The highest BCUT2D eigenvalue weighted by atomic mass is 35.5. The lowest BCUT2D eigenvalue weighted by Crippen LogP contribution is -2.20. The van der Waals surface area contributed by atoms with Gasteiger partial charge in [0.1, 0.15) is 0 Å². The summed E-state index contributed by atoms with van der Waals surface area (Å²) in [5.74, 6) is 0.775. The molecule has 0 unspecified atom stereocenters. The van der Waals surface area contributed by atoms with Crippen LogP contribution in [-0.2, 0) is 0 Å². The third kappa shape index (κ3) is 1.67. The van der Waals surface area contributed by atoms with Gasteiger partial charge in [0.05, 0.1) is 11.9 Å². The van der Waals surface area contributed by atoms with Gasteiger partial charge >= 0.3 is 0 Å². The Morgan fingerprint density at radius 1 is 1.38 bits per heavy atom. The molecule has 2 rings (SSSR count). The van der Waals surface area contributed by atoms with E-state index in [2.05, 4.69) is 14.9 Å². The van der Waals surface area contributed by atoms with Crippen molar-refractivity contribution in [2.24, 2.45) is 0 Å². The van der Waals surface area contributed by atoms with Crippen LogP contribution in [0.3, 0.4) is 0 Å². The van der Waals surface area contributed by atoms with Gasteiger partial charge in [-0.15, -0.1) is 0 Å². The molecule has 1 saturated heterocycles. The number of nitrogens with zero attached hydrogens (tertiary/aromatic N) is 3. The van der Waals surface area contributed by atoms with Gasteiger partial charge in [-0.1, -0.05) is 0 Å². The lowest BCUT2D eigenvalue weighted by atomic mass is 10.4. The van der Waals surface area contributed by atoms with E-state index in [-0.39, 0.29) is 5.28 Å². The van der Waals surface area contributed by atoms with Crippen LogP contribution in [0.1, 0.15) is 12.8 Å². The number of hydrogen-bond acceptors (Lipinski definition) is 4. The van der Waals surface area contributed by atoms with Crippen molar-refractivity contribution in [2.45, 2.75) is 12.8 Å². The van der Waals surface area contributed by atoms with Gasteiger partial charge in [-0.2, -0.15) is 4.98 Å². The molecule has 1 aromatic heterocycles. The molecule has 0 aliphatic carbocycles. The molecular weight excluding hydrogens is 188 g/mol. The number of anilines is 2. The second kappa shape index (κ2) is 3.38. The van der Waals surface area contributed by atoms with E-state index in [1.807, 2.05) is 0 Å². The summed E-state index contributed by atoms with van der Waals surface area (Å²) in [5.41, 5.74) is 6.35. The van der Waals surface area contributed by atoms with Crippen LogP contribution in [0.4, 0.5) is 11.5 Å². The minimum Gasteiger partial charge on any atom is -0.394 e. The smallest absolute Gasteiger partial charge is 0.224 e. The Bertz CT molecular complexity index is 309. The highest BCUT2D eigenvalue weighted by Gasteiger charge is 2.16. The lowest BCUT2D eigenvalue weighted by molar-refractivity contribution is 0.931. The highest BCUT2D eigenvalue weighted by molar-refractivity contribution is 6.28. The van der Waals surface area contributed by atoms with Gasteiger partial charge in [0, 0.05) is 13.1 Å². The Morgan fingerprint density at radius 2 is 2.08 bits per heavy atom. The molecule has 1 fully saturated rings. The fourth-order valence-electron chi connectivity index (χ4n) is 1.54. The van der Waals surface area contributed by atoms with Crippen molar-refractivity contribution in [1.82, 2.24) is 9.97 Å². The molecule has 1 aromatic rings. The molecule has 70 valence electrons. The summed E-state index contributed by atoms with van der Waals surface area (Å²) in [6, 6.07) is 0. The number of nitrogen functional groups attached to an aromatic ring is 1. The van der Waals surface area contributed by atoms with E-state index >= 15 is 0 Å². The summed E-state index contributed by atoms with van der Waals surface area (Å²) in [6.45, 7) is 2.02. The SMILES string of the molecule is Nc1cnc(Cl)nc1N1CCCC1. The Labute approximate surface area is 81.7 Å². The molecule has 0 bridgehead atoms. The second-order valence-electron chi connectivity index (χ2n) is 3.11. The van der Waals surface area contributed by atoms with Crippen molar-refractivity contribution in [2.75, 3.05) is 23.7 Å². The normalized spacial score (nSPS) is 16.5. The van der Waals surface area contributed by atoms with Crippen molar-refractivity contribution in [3.63, 3.8) is 0 Å². The van der Waals surface area contributed by atoms with Gasteiger partial charge in [0.25, 0.3) is 0 Å². The summed E-state index contributed by atoms with van der Waals surface area (Å²) < 4.78 is 0. The zero-order valence-electron chi connectivity index (χ0n) is 7.20. The third-order valence-electron chi connectivity index (χ3n) is 2.17. The molecule has 2 N–H and O–H groups in total. The van der Waals surface area contributed by atoms with E-state index < -0.39 is 0 Å². The van der Waals surface area contributed by atoms with Crippen LogP contribution in [0.2, 0.25) is 5.28 Å². The Morgan fingerprint density at radius 3 is 2.77 bits per heavy atom. The molecule has 0 saturated carbocycles. The Kier molecular flexibility index (Phi) is 2.22. The van der Waals surface area contributed by atoms with Gasteiger partial charge in [-0.25, -0.2) is 4.98 Å². The first kappa shape index (κ1) is 8.56. The van der Waals surface area contributed by atoms with E-state index in [1.54, 1.807) is 6.20 Å². The monoisotopic (exact) mass is 198 g/mol. The number of halogens is 1. The molecule has 0 spiro atoms. The zero-order valence-corrected chi connectivity index (χ0v) is 7.96. The third-order valence-corrected chi connectivity index (χ3v) is 2.35. The van der Waals surface area contributed by atoms with Crippen LogP contribution in [0.25, 0.3) is 0 Å². The molecule has 1 aliphatic heterocycles. The van der Waals surface area contributed by atoms with Crippen LogP contribution in [0, 0.1) is 0 Å². The van der Waals surface area contributed by atoms with Gasteiger partial charge in [-0.3, -0.25) is 0 Å². The zero-order chi connectivity index (χ0) is 9.26. The average molecular weight is 199 g/mol. The van der Waals surface area contributed by atoms with Gasteiger partial charge in [-0.05, 0) is 24.4 Å². The average Bonchev–Trinajstić information content (AvgIpc) is 2.61. The van der Waals surface area contributed by atoms with E-state index in [1.165, 1.54) is 12.8 Å². The Balaban J connectivity index is 2.32. The molecule has 0 aromatic carbocycles. The summed E-state index contributed by atoms with van der Waals surface area (Å²) in [5, 5.41) is 0.260. The van der Waals surface area contributed by atoms with E-state index in [9.17, 15) is 0 Å². The first-order valence-electron chi connectivity index (χ1n) is 4.30. The van der Waals surface area contributed by atoms with Crippen LogP contribution in [-0.4, -0.2) is 23.1 Å². The fourth-order valence-corrected chi connectivity index (χ4v) is 1.67. The maximum absolute atomic E-state index is 5.74. The quantitative estimate of drug-likeness (QED) is 0.692. The lowest BCUT2D eigenvalue weighted by Gasteiger charge is -2.17. The number of nitrogens with two attached hydrogens (primary N) is 1. The molecule has 4 nitrogen and oxygen atoms in total. The minimum absolute atomic E-state index is 0.260.